The number of hydrogen-bond acceptors (Lipinski definition) is 3. The van der Waals surface area contributed by atoms with Crippen molar-refractivity contribution in [1.29, 1.82) is 0 Å². The molecule has 0 bridgehead atoms. The van der Waals surface area contributed by atoms with E-state index in [-0.39, 0.29) is 0 Å². The second-order valence-electron chi connectivity index (χ2n) is 6.98. The number of benzene rings is 1. The zero-order valence-corrected chi connectivity index (χ0v) is 15.0. The molecular formula is C19H29N3O2. The van der Waals surface area contributed by atoms with Crippen molar-refractivity contribution in [3.8, 4) is 11.5 Å². The number of hydrogen-bond donors (Lipinski definition) is 1. The van der Waals surface area contributed by atoms with Crippen LogP contribution < -0.4 is 14.8 Å². The average Bonchev–Trinajstić information content (AvgIpc) is 3.48. The molecule has 5 heteroatoms. The van der Waals surface area contributed by atoms with E-state index in [0.29, 0.717) is 12.0 Å². The highest BCUT2D eigenvalue weighted by Gasteiger charge is 2.53. The van der Waals surface area contributed by atoms with Crippen molar-refractivity contribution >= 4 is 5.96 Å². The highest BCUT2D eigenvalue weighted by molar-refractivity contribution is 5.79. The number of guanidine groups is 1. The molecule has 2 aliphatic rings. The van der Waals surface area contributed by atoms with Crippen molar-refractivity contribution < 1.29 is 9.47 Å². The highest BCUT2D eigenvalue weighted by atomic mass is 16.5. The van der Waals surface area contributed by atoms with Crippen LogP contribution in [0.3, 0.4) is 0 Å². The van der Waals surface area contributed by atoms with Crippen LogP contribution in [0.15, 0.2) is 29.3 Å². The van der Waals surface area contributed by atoms with Crippen LogP contribution >= 0.6 is 0 Å². The summed E-state index contributed by atoms with van der Waals surface area (Å²) in [5, 5.41) is 3.56. The summed E-state index contributed by atoms with van der Waals surface area (Å²) in [6.07, 6.45) is 5.61. The lowest BCUT2D eigenvalue weighted by Gasteiger charge is -2.24. The molecule has 0 aromatic heterocycles. The maximum Gasteiger partial charge on any atom is 0.193 e. The van der Waals surface area contributed by atoms with E-state index in [9.17, 15) is 0 Å². The van der Waals surface area contributed by atoms with Crippen LogP contribution in [-0.2, 0) is 0 Å². The Balaban J connectivity index is 1.40. The third-order valence-electron chi connectivity index (χ3n) is 5.26. The molecule has 2 aliphatic carbocycles. The third-order valence-corrected chi connectivity index (χ3v) is 5.26. The fourth-order valence-corrected chi connectivity index (χ4v) is 3.30. The quantitative estimate of drug-likeness (QED) is 0.588. The molecule has 0 atom stereocenters. The minimum atomic E-state index is 0.580. The summed E-state index contributed by atoms with van der Waals surface area (Å²) in [7, 11) is 5.57. The third kappa shape index (κ3) is 4.13. The molecule has 0 saturated heterocycles. The number of nitrogens with zero attached hydrogens (tertiary/aromatic N) is 2. The molecular weight excluding hydrogens is 302 g/mol. The molecule has 2 saturated carbocycles. The molecule has 1 aromatic carbocycles. The van der Waals surface area contributed by atoms with E-state index in [1.54, 1.807) is 7.11 Å². The van der Waals surface area contributed by atoms with Gasteiger partial charge in [-0.3, -0.25) is 4.99 Å². The Morgan fingerprint density at radius 3 is 2.46 bits per heavy atom. The molecule has 0 heterocycles. The molecule has 5 nitrogen and oxygen atoms in total. The molecule has 0 aliphatic heterocycles. The lowest BCUT2D eigenvalue weighted by Crippen LogP contribution is -2.43. The van der Waals surface area contributed by atoms with E-state index in [0.717, 1.165) is 36.5 Å². The van der Waals surface area contributed by atoms with Gasteiger partial charge in [0.05, 0.1) is 13.7 Å². The lowest BCUT2D eigenvalue weighted by atomic mass is 10.0. The standard InChI is InChI=1S/C19H29N3O2/c1-20-18(21-14-19(10-11-19)15-4-5-15)22(2)12-13-24-17-8-6-16(23-3)7-9-17/h6-9,15H,4-5,10-14H2,1-3H3,(H,20,21). The molecule has 3 rings (SSSR count). The van der Waals surface area contributed by atoms with Gasteiger partial charge in [-0.15, -0.1) is 0 Å². The molecule has 1 N–H and O–H groups in total. The number of rotatable bonds is 8. The number of aliphatic imine (C=N–C) groups is 1. The van der Waals surface area contributed by atoms with Gasteiger partial charge >= 0.3 is 0 Å². The van der Waals surface area contributed by atoms with Crippen molar-refractivity contribution in [2.75, 3.05) is 40.9 Å². The first-order chi connectivity index (χ1) is 11.7. The summed E-state index contributed by atoms with van der Waals surface area (Å²) in [4.78, 5) is 6.54. The Labute approximate surface area is 145 Å². The number of nitrogens with one attached hydrogen (secondary N) is 1. The van der Waals surface area contributed by atoms with Crippen LogP contribution in [0.4, 0.5) is 0 Å². The monoisotopic (exact) mass is 331 g/mol. The Bertz CT molecular complexity index is 562. The van der Waals surface area contributed by atoms with E-state index < -0.39 is 0 Å². The fraction of sp³-hybridized carbons (Fsp3) is 0.632. The van der Waals surface area contributed by atoms with Gasteiger partial charge in [0, 0.05) is 20.6 Å². The Morgan fingerprint density at radius 1 is 1.25 bits per heavy atom. The van der Waals surface area contributed by atoms with Gasteiger partial charge in [0.2, 0.25) is 0 Å². The topological polar surface area (TPSA) is 46.1 Å². The van der Waals surface area contributed by atoms with Gasteiger partial charge in [-0.2, -0.15) is 0 Å². The molecule has 1 aromatic rings. The SMILES string of the molecule is CN=C(NCC1(C2CC2)CC1)N(C)CCOc1ccc(OC)cc1. The summed E-state index contributed by atoms with van der Waals surface area (Å²) in [5.41, 5.74) is 0.580. The Hall–Kier alpha value is -1.91. The van der Waals surface area contributed by atoms with Crippen LogP contribution in [0.2, 0.25) is 0 Å². The van der Waals surface area contributed by atoms with Gasteiger partial charge < -0.3 is 19.7 Å². The van der Waals surface area contributed by atoms with Gasteiger partial charge in [-0.25, -0.2) is 0 Å². The van der Waals surface area contributed by atoms with Crippen LogP contribution in [-0.4, -0.2) is 51.8 Å². The molecule has 24 heavy (non-hydrogen) atoms. The second-order valence-corrected chi connectivity index (χ2v) is 6.98. The Kier molecular flexibility index (Phi) is 5.17. The first kappa shape index (κ1) is 16.9. The number of likely N-dealkylation sites (N-methyl/N-ethyl adjacent to an activating group) is 1. The van der Waals surface area contributed by atoms with Crippen LogP contribution in [0.25, 0.3) is 0 Å². The van der Waals surface area contributed by atoms with Crippen molar-refractivity contribution in [1.82, 2.24) is 10.2 Å². The lowest BCUT2D eigenvalue weighted by molar-refractivity contribution is 0.279. The van der Waals surface area contributed by atoms with Crippen molar-refractivity contribution in [2.45, 2.75) is 25.7 Å². The summed E-state index contributed by atoms with van der Waals surface area (Å²) in [5.74, 6) is 3.62. The van der Waals surface area contributed by atoms with Gasteiger partial charge in [0.15, 0.2) is 5.96 Å². The maximum absolute atomic E-state index is 5.80. The van der Waals surface area contributed by atoms with E-state index in [4.69, 9.17) is 9.47 Å². The van der Waals surface area contributed by atoms with Gasteiger partial charge in [0.1, 0.15) is 18.1 Å². The van der Waals surface area contributed by atoms with Gasteiger partial charge in [-0.05, 0) is 61.3 Å². The second kappa shape index (κ2) is 7.32. The summed E-state index contributed by atoms with van der Waals surface area (Å²) < 4.78 is 10.9. The smallest absolute Gasteiger partial charge is 0.193 e. The average molecular weight is 331 g/mol. The number of methoxy groups -OCH3 is 1. The van der Waals surface area contributed by atoms with Crippen LogP contribution in [0.1, 0.15) is 25.7 Å². The predicted molar refractivity (Wildman–Crippen MR) is 96.9 cm³/mol. The van der Waals surface area contributed by atoms with E-state index in [1.807, 2.05) is 31.3 Å². The first-order valence-electron chi connectivity index (χ1n) is 8.85. The molecule has 2 fully saturated rings. The van der Waals surface area contributed by atoms with E-state index in [2.05, 4.69) is 22.3 Å². The molecule has 0 amide bonds. The highest BCUT2D eigenvalue weighted by Crippen LogP contribution is 2.60. The first-order valence-corrected chi connectivity index (χ1v) is 8.85. The largest absolute Gasteiger partial charge is 0.497 e. The van der Waals surface area contributed by atoms with Crippen molar-refractivity contribution in [3.63, 3.8) is 0 Å². The van der Waals surface area contributed by atoms with Gasteiger partial charge in [0.25, 0.3) is 0 Å². The summed E-state index contributed by atoms with van der Waals surface area (Å²) in [6.45, 7) is 2.48. The van der Waals surface area contributed by atoms with Gasteiger partial charge in [-0.1, -0.05) is 0 Å². The zero-order chi connectivity index (χ0) is 17.0. The molecule has 0 radical (unpaired) electrons. The minimum absolute atomic E-state index is 0.580. The predicted octanol–water partition coefficient (Wildman–Crippen LogP) is 2.77. The van der Waals surface area contributed by atoms with E-state index >= 15 is 0 Å². The molecule has 132 valence electrons. The Morgan fingerprint density at radius 2 is 1.92 bits per heavy atom. The van der Waals surface area contributed by atoms with Crippen LogP contribution in [0.5, 0.6) is 11.5 Å². The fourth-order valence-electron chi connectivity index (χ4n) is 3.30. The van der Waals surface area contributed by atoms with Crippen LogP contribution in [0, 0.1) is 11.3 Å². The molecule has 0 unspecified atom stereocenters. The van der Waals surface area contributed by atoms with Crippen molar-refractivity contribution in [2.24, 2.45) is 16.3 Å². The molecule has 0 spiro atoms. The minimum Gasteiger partial charge on any atom is -0.497 e. The summed E-state index contributed by atoms with van der Waals surface area (Å²) >= 11 is 0. The maximum atomic E-state index is 5.80. The summed E-state index contributed by atoms with van der Waals surface area (Å²) in [6, 6.07) is 7.68. The normalized spacial score (nSPS) is 18.9. The number of ether oxygens (including phenoxy) is 2. The van der Waals surface area contributed by atoms with E-state index in [1.165, 1.54) is 25.7 Å². The zero-order valence-electron chi connectivity index (χ0n) is 15.0. The van der Waals surface area contributed by atoms with Crippen molar-refractivity contribution in [3.05, 3.63) is 24.3 Å².